The molecule has 0 saturated carbocycles. The highest BCUT2D eigenvalue weighted by Crippen LogP contribution is 2.42. The molecule has 3 rings (SSSR count). The average molecular weight is 640 g/mol. The number of amides is 2. The molecule has 10 nitrogen and oxygen atoms in total. The molecular weight excluding hydrogens is 609 g/mol. The Kier molecular flexibility index (Phi) is 14.4. The van der Waals surface area contributed by atoms with Gasteiger partial charge in [-0.2, -0.15) is 0 Å². The van der Waals surface area contributed by atoms with E-state index in [1.165, 1.54) is 7.05 Å². The summed E-state index contributed by atoms with van der Waals surface area (Å²) in [4.78, 5) is 36.0. The van der Waals surface area contributed by atoms with E-state index in [-0.39, 0.29) is 24.0 Å². The first-order valence-electron chi connectivity index (χ1n) is 12.4. The van der Waals surface area contributed by atoms with Crippen molar-refractivity contribution in [1.29, 1.82) is 0 Å². The van der Waals surface area contributed by atoms with Crippen LogP contribution in [0, 0.1) is 0 Å². The zero-order valence-electron chi connectivity index (χ0n) is 22.9. The van der Waals surface area contributed by atoms with E-state index >= 15 is 0 Å². The van der Waals surface area contributed by atoms with Crippen molar-refractivity contribution in [2.24, 2.45) is 0 Å². The minimum absolute atomic E-state index is 0.263. The number of nitrogens with zero attached hydrogens (tertiary/aromatic N) is 1. The summed E-state index contributed by atoms with van der Waals surface area (Å²) in [6, 6.07) is 11.9. The molecular formula is C26H31ClF4N3O7P. The minimum Gasteiger partial charge on any atom is -0.462 e. The Morgan fingerprint density at radius 1 is 1.21 bits per heavy atom. The number of ether oxygens (including phenoxy) is 2. The molecule has 1 heterocycles. The average Bonchev–Trinajstić information content (AvgIpc) is 3.26. The Bertz CT molecular complexity index is 1220. The maximum absolute atomic E-state index is 14.9. The van der Waals surface area contributed by atoms with Crippen molar-refractivity contribution in [2.75, 3.05) is 27.1 Å². The van der Waals surface area contributed by atoms with Crippen LogP contribution in [0.5, 0.6) is 5.75 Å². The zero-order chi connectivity index (χ0) is 31.3. The molecule has 1 aliphatic heterocycles. The molecule has 2 amide bonds. The molecule has 0 aromatic heterocycles. The topological polar surface area (TPSA) is 115 Å². The van der Waals surface area contributed by atoms with Crippen LogP contribution in [0.4, 0.5) is 22.4 Å². The number of urea groups is 1. The van der Waals surface area contributed by atoms with Crippen LogP contribution >= 0.6 is 20.1 Å². The largest absolute Gasteiger partial charge is 0.462 e. The van der Waals surface area contributed by atoms with Crippen LogP contribution in [0.3, 0.4) is 0 Å². The predicted molar refractivity (Wildman–Crippen MR) is 148 cm³/mol. The number of aldehydes is 1. The van der Waals surface area contributed by atoms with Gasteiger partial charge in [-0.3, -0.25) is 14.5 Å². The van der Waals surface area contributed by atoms with E-state index in [2.05, 4.69) is 10.4 Å². The lowest BCUT2D eigenvalue weighted by Gasteiger charge is -2.25. The Labute approximate surface area is 246 Å². The summed E-state index contributed by atoms with van der Waals surface area (Å²) in [5.74, 6) is -3.57. The first-order chi connectivity index (χ1) is 19.9. The summed E-state index contributed by atoms with van der Waals surface area (Å²) in [5.41, 5.74) is 0. The van der Waals surface area contributed by atoms with Gasteiger partial charge < -0.3 is 23.8 Å². The summed E-state index contributed by atoms with van der Waals surface area (Å²) in [6.07, 6.45) is -3.25. The van der Waals surface area contributed by atoms with E-state index in [0.717, 1.165) is 21.9 Å². The molecule has 1 aliphatic rings. The highest BCUT2D eigenvalue weighted by atomic mass is 35.5. The van der Waals surface area contributed by atoms with Crippen molar-refractivity contribution in [3.63, 3.8) is 0 Å². The standard InChI is InChI=1S/C25H29ClF2N3O7P.CH2F2/c1-16(2)36-23(33)12-30-39(38-20-10-6-8-17-7-4-5-9-19(17)20)35-15-21-25(27,28)11-22(37-21)31(24(34)29-3)13-18(26)14-32;2-1-3/h4-10,13-14,16,21-22,30H,11-12,15H2,1-3H3,(H,29,34);1H2/b18-13+;. The van der Waals surface area contributed by atoms with Gasteiger partial charge in [0.2, 0.25) is 6.93 Å². The molecule has 232 valence electrons. The number of carbonyl (C=O) groups excluding carboxylic acids is 3. The van der Waals surface area contributed by atoms with Crippen molar-refractivity contribution in [3.05, 3.63) is 53.7 Å². The number of carbonyl (C=O) groups is 3. The molecule has 1 saturated heterocycles. The van der Waals surface area contributed by atoms with E-state index in [0.29, 0.717) is 5.75 Å². The van der Waals surface area contributed by atoms with Gasteiger partial charge in [0.05, 0.1) is 24.2 Å². The van der Waals surface area contributed by atoms with Crippen molar-refractivity contribution in [2.45, 2.75) is 44.6 Å². The molecule has 0 bridgehead atoms. The van der Waals surface area contributed by atoms with Crippen molar-refractivity contribution in [3.8, 4) is 5.75 Å². The Morgan fingerprint density at radius 3 is 2.52 bits per heavy atom. The third-order valence-corrected chi connectivity index (χ3v) is 6.72. The third-order valence-electron chi connectivity index (χ3n) is 5.37. The Hall–Kier alpha value is -3.03. The van der Waals surface area contributed by atoms with Gasteiger partial charge in [0.15, 0.2) is 6.29 Å². The number of fused-ring (bicyclic) bond motifs is 1. The van der Waals surface area contributed by atoms with Crippen LogP contribution in [-0.4, -0.2) is 74.7 Å². The van der Waals surface area contributed by atoms with Crippen molar-refractivity contribution in [1.82, 2.24) is 15.3 Å². The summed E-state index contributed by atoms with van der Waals surface area (Å²) < 4.78 is 71.4. The quantitative estimate of drug-likeness (QED) is 0.102. The molecule has 1 fully saturated rings. The van der Waals surface area contributed by atoms with Crippen LogP contribution in [-0.2, 0) is 23.6 Å². The minimum atomic E-state index is -3.41. The highest BCUT2D eigenvalue weighted by molar-refractivity contribution is 7.45. The number of esters is 1. The first-order valence-corrected chi connectivity index (χ1v) is 14.0. The fraction of sp³-hybridized carbons (Fsp3) is 0.423. The molecule has 0 radical (unpaired) electrons. The normalized spacial score (nSPS) is 18.5. The smallest absolute Gasteiger partial charge is 0.323 e. The van der Waals surface area contributed by atoms with E-state index < -0.39 is 58.7 Å². The van der Waals surface area contributed by atoms with Gasteiger partial charge in [-0.15, -0.1) is 0 Å². The van der Waals surface area contributed by atoms with Crippen LogP contribution in [0.25, 0.3) is 10.8 Å². The fourth-order valence-electron chi connectivity index (χ4n) is 3.63. The van der Waals surface area contributed by atoms with Gasteiger partial charge in [-0.25, -0.2) is 27.4 Å². The van der Waals surface area contributed by atoms with Gasteiger partial charge >= 0.3 is 20.5 Å². The zero-order valence-corrected chi connectivity index (χ0v) is 24.5. The molecule has 0 spiro atoms. The lowest BCUT2D eigenvalue weighted by molar-refractivity contribution is -0.145. The van der Waals surface area contributed by atoms with E-state index in [4.69, 9.17) is 30.1 Å². The number of halogens is 5. The monoisotopic (exact) mass is 639 g/mol. The van der Waals surface area contributed by atoms with Gasteiger partial charge in [0.1, 0.15) is 24.6 Å². The number of hydrogen-bond acceptors (Lipinski definition) is 8. The molecule has 0 aliphatic carbocycles. The predicted octanol–water partition coefficient (Wildman–Crippen LogP) is 5.56. The van der Waals surface area contributed by atoms with Crippen LogP contribution in [0.1, 0.15) is 20.3 Å². The number of alkyl halides is 4. The second-order valence-corrected chi connectivity index (χ2v) is 10.4. The highest BCUT2D eigenvalue weighted by Gasteiger charge is 2.53. The molecule has 3 unspecified atom stereocenters. The summed E-state index contributed by atoms with van der Waals surface area (Å²) in [7, 11) is -0.832. The number of nitrogens with one attached hydrogen (secondary N) is 2. The van der Waals surface area contributed by atoms with Crippen LogP contribution in [0.15, 0.2) is 53.7 Å². The molecule has 42 heavy (non-hydrogen) atoms. The molecule has 2 aromatic rings. The van der Waals surface area contributed by atoms with Gasteiger partial charge in [-0.05, 0) is 25.3 Å². The lowest BCUT2D eigenvalue weighted by atomic mass is 10.1. The first kappa shape index (κ1) is 35.2. The van der Waals surface area contributed by atoms with Crippen LogP contribution < -0.4 is 14.9 Å². The maximum Gasteiger partial charge on any atom is 0.323 e. The lowest BCUT2D eigenvalue weighted by Crippen LogP contribution is -2.42. The second kappa shape index (κ2) is 17.2. The Balaban J connectivity index is 0.00000197. The number of hydrogen-bond donors (Lipinski definition) is 2. The van der Waals surface area contributed by atoms with E-state index in [1.807, 2.05) is 30.3 Å². The molecule has 2 aromatic carbocycles. The number of rotatable bonds is 12. The van der Waals surface area contributed by atoms with Crippen LogP contribution in [0.2, 0.25) is 0 Å². The molecule has 16 heteroatoms. The van der Waals surface area contributed by atoms with Gasteiger partial charge in [-0.1, -0.05) is 48.0 Å². The summed E-state index contributed by atoms with van der Waals surface area (Å²) >= 11 is 5.70. The van der Waals surface area contributed by atoms with E-state index in [1.54, 1.807) is 26.0 Å². The SMILES string of the molecule is CNC(=O)N(/C=C(/Cl)C=O)C1CC(F)(F)C(COP(NCC(=O)OC(C)C)Oc2cccc3ccccc23)O1.FCF. The summed E-state index contributed by atoms with van der Waals surface area (Å²) in [5, 5.41) is 6.34. The van der Waals surface area contributed by atoms with Crippen molar-refractivity contribution >= 4 is 49.2 Å². The third kappa shape index (κ3) is 10.7. The number of allylic oxidation sites excluding steroid dienone is 1. The van der Waals surface area contributed by atoms with Crippen molar-refractivity contribution < 1.29 is 50.5 Å². The van der Waals surface area contributed by atoms with Gasteiger partial charge in [0.25, 0.3) is 5.92 Å². The Morgan fingerprint density at radius 2 is 1.88 bits per heavy atom. The fourth-order valence-corrected chi connectivity index (χ4v) is 4.81. The molecule has 3 atom stereocenters. The maximum atomic E-state index is 14.9. The number of benzene rings is 2. The second-order valence-electron chi connectivity index (χ2n) is 8.73. The summed E-state index contributed by atoms with van der Waals surface area (Å²) in [6.45, 7) is 0.705. The van der Waals surface area contributed by atoms with E-state index in [9.17, 15) is 31.9 Å². The van der Waals surface area contributed by atoms with Gasteiger partial charge in [0, 0.05) is 18.6 Å². The molecule has 2 N–H and O–H groups in total.